The van der Waals surface area contributed by atoms with Crippen molar-refractivity contribution in [3.63, 3.8) is 0 Å². The molecule has 32 heavy (non-hydrogen) atoms. The average molecular weight is 444 g/mol. The number of hydrogen-bond acceptors (Lipinski definition) is 6. The van der Waals surface area contributed by atoms with Crippen LogP contribution in [0.1, 0.15) is 11.6 Å². The van der Waals surface area contributed by atoms with E-state index in [4.69, 9.17) is 4.74 Å². The first kappa shape index (κ1) is 20.1. The van der Waals surface area contributed by atoms with Crippen LogP contribution in [0.5, 0.6) is 5.75 Å². The summed E-state index contributed by atoms with van der Waals surface area (Å²) < 4.78 is 7.16. The Morgan fingerprint density at radius 3 is 2.34 bits per heavy atom. The molecule has 0 saturated carbocycles. The van der Waals surface area contributed by atoms with Gasteiger partial charge in [0.25, 0.3) is 0 Å². The summed E-state index contributed by atoms with van der Waals surface area (Å²) in [6, 6.07) is 26.7. The lowest BCUT2D eigenvalue weighted by Gasteiger charge is -2.33. The number of nitrogens with one attached hydrogen (secondary N) is 2. The summed E-state index contributed by atoms with van der Waals surface area (Å²) in [5.74, 6) is 1.36. The number of para-hydroxylation sites is 1. The molecule has 1 aliphatic rings. The maximum absolute atomic E-state index is 13.3. The lowest BCUT2D eigenvalue weighted by Crippen LogP contribution is -2.41. The third-order valence-corrected chi connectivity index (χ3v) is 6.46. The summed E-state index contributed by atoms with van der Waals surface area (Å²) in [5.41, 5.74) is 6.14. The van der Waals surface area contributed by atoms with Gasteiger partial charge >= 0.3 is 0 Å². The molecule has 2 heterocycles. The molecular formula is C24H21N5O2S. The Kier molecular flexibility index (Phi) is 5.51. The molecule has 0 spiro atoms. The molecule has 1 aromatic heterocycles. The Labute approximate surface area is 189 Å². The number of rotatable bonds is 5. The number of thioether (sulfide) groups is 1. The first-order valence-corrected chi connectivity index (χ1v) is 11.0. The average Bonchev–Trinajstić information content (AvgIpc) is 3.27. The van der Waals surface area contributed by atoms with Gasteiger partial charge in [-0.25, -0.2) is 4.68 Å². The van der Waals surface area contributed by atoms with Gasteiger partial charge in [-0.15, -0.1) is 10.2 Å². The summed E-state index contributed by atoms with van der Waals surface area (Å²) in [6.07, 6.45) is 0. The minimum atomic E-state index is -0.455. The molecule has 0 bridgehead atoms. The molecule has 2 N–H and O–H groups in total. The zero-order valence-corrected chi connectivity index (χ0v) is 18.1. The van der Waals surface area contributed by atoms with Crippen molar-refractivity contribution < 1.29 is 9.53 Å². The van der Waals surface area contributed by atoms with Crippen LogP contribution in [0.15, 0.2) is 90.1 Å². The molecule has 8 heteroatoms. The largest absolute Gasteiger partial charge is 0.497 e. The number of benzene rings is 3. The van der Waals surface area contributed by atoms with Gasteiger partial charge in [-0.3, -0.25) is 4.79 Å². The smallest absolute Gasteiger partial charge is 0.240 e. The summed E-state index contributed by atoms with van der Waals surface area (Å²) in [4.78, 5) is 13.3. The van der Waals surface area contributed by atoms with Gasteiger partial charge < -0.3 is 15.5 Å². The number of amides is 1. The van der Waals surface area contributed by atoms with Crippen molar-refractivity contribution in [2.24, 2.45) is 0 Å². The van der Waals surface area contributed by atoms with Gasteiger partial charge in [-0.05, 0) is 29.8 Å². The van der Waals surface area contributed by atoms with Gasteiger partial charge in [0.15, 0.2) is 5.82 Å². The second kappa shape index (κ2) is 8.76. The van der Waals surface area contributed by atoms with E-state index < -0.39 is 5.25 Å². The van der Waals surface area contributed by atoms with E-state index in [-0.39, 0.29) is 11.9 Å². The standard InChI is InChI=1S/C24H21N5O2S/c1-31-19-14-12-16(13-15-19)20-21(23(30)25-18-10-6-3-7-11-18)32-24-27-26-22(29(24)28-20)17-8-4-2-5-9-17/h2-15,20-21,28H,1H3,(H,25,30). The molecule has 0 aliphatic carbocycles. The lowest BCUT2D eigenvalue weighted by molar-refractivity contribution is -0.116. The molecule has 0 fully saturated rings. The van der Waals surface area contributed by atoms with Gasteiger partial charge in [-0.1, -0.05) is 72.4 Å². The summed E-state index contributed by atoms with van der Waals surface area (Å²) in [5, 5.41) is 11.9. The van der Waals surface area contributed by atoms with Gasteiger partial charge in [0.2, 0.25) is 11.1 Å². The van der Waals surface area contributed by atoms with Crippen LogP contribution >= 0.6 is 11.8 Å². The molecule has 2 atom stereocenters. The number of nitrogens with zero attached hydrogens (tertiary/aromatic N) is 3. The van der Waals surface area contributed by atoms with Crippen LogP contribution in [0.2, 0.25) is 0 Å². The van der Waals surface area contributed by atoms with Crippen LogP contribution in [-0.2, 0) is 4.79 Å². The van der Waals surface area contributed by atoms with E-state index in [2.05, 4.69) is 20.9 Å². The van der Waals surface area contributed by atoms with Gasteiger partial charge in [0, 0.05) is 11.3 Å². The second-order valence-corrected chi connectivity index (χ2v) is 8.39. The van der Waals surface area contributed by atoms with Crippen molar-refractivity contribution >= 4 is 23.4 Å². The zero-order chi connectivity index (χ0) is 21.9. The van der Waals surface area contributed by atoms with Crippen LogP contribution in [-0.4, -0.2) is 33.1 Å². The Morgan fingerprint density at radius 1 is 0.969 bits per heavy atom. The predicted octanol–water partition coefficient (Wildman–Crippen LogP) is 4.35. The van der Waals surface area contributed by atoms with Crippen LogP contribution < -0.4 is 15.5 Å². The predicted molar refractivity (Wildman–Crippen MR) is 125 cm³/mol. The molecule has 1 amide bonds. The number of methoxy groups -OCH3 is 1. The summed E-state index contributed by atoms with van der Waals surface area (Å²) in [6.45, 7) is 0. The Hall–Kier alpha value is -3.78. The monoisotopic (exact) mass is 443 g/mol. The molecule has 4 aromatic rings. The second-order valence-electron chi connectivity index (χ2n) is 7.28. The zero-order valence-electron chi connectivity index (χ0n) is 17.3. The molecule has 0 radical (unpaired) electrons. The summed E-state index contributed by atoms with van der Waals surface area (Å²) in [7, 11) is 1.63. The number of ether oxygens (including phenoxy) is 1. The Balaban J connectivity index is 1.51. The van der Waals surface area contributed by atoms with Crippen LogP contribution in [0.4, 0.5) is 5.69 Å². The first-order valence-electron chi connectivity index (χ1n) is 10.2. The fourth-order valence-electron chi connectivity index (χ4n) is 3.63. The third-order valence-electron chi connectivity index (χ3n) is 5.24. The molecule has 1 aliphatic heterocycles. The highest BCUT2D eigenvalue weighted by molar-refractivity contribution is 8.00. The van der Waals surface area contributed by atoms with E-state index in [1.54, 1.807) is 7.11 Å². The van der Waals surface area contributed by atoms with E-state index in [0.29, 0.717) is 11.0 Å². The van der Waals surface area contributed by atoms with Crippen LogP contribution in [0.3, 0.4) is 0 Å². The molecule has 7 nitrogen and oxygen atoms in total. The number of aromatic nitrogens is 3. The van der Waals surface area contributed by atoms with Crippen LogP contribution in [0, 0.1) is 0 Å². The molecule has 2 unspecified atom stereocenters. The highest BCUT2D eigenvalue weighted by Crippen LogP contribution is 2.39. The normalized spacial score (nSPS) is 17.2. The molecule has 160 valence electrons. The summed E-state index contributed by atoms with van der Waals surface area (Å²) >= 11 is 1.40. The van der Waals surface area contributed by atoms with Crippen molar-refractivity contribution in [2.75, 3.05) is 17.9 Å². The van der Waals surface area contributed by atoms with Crippen molar-refractivity contribution in [3.05, 3.63) is 90.5 Å². The van der Waals surface area contributed by atoms with Gasteiger partial charge in [-0.2, -0.15) is 0 Å². The highest BCUT2D eigenvalue weighted by Gasteiger charge is 2.38. The Bertz CT molecular complexity index is 1210. The van der Waals surface area contributed by atoms with Crippen molar-refractivity contribution in [3.8, 4) is 17.1 Å². The van der Waals surface area contributed by atoms with Gasteiger partial charge in [0.05, 0.1) is 13.2 Å². The van der Waals surface area contributed by atoms with E-state index in [1.807, 2.05) is 89.6 Å². The minimum absolute atomic E-state index is 0.106. The van der Waals surface area contributed by atoms with Crippen LogP contribution in [0.25, 0.3) is 11.4 Å². The third kappa shape index (κ3) is 3.92. The SMILES string of the molecule is COc1ccc(C2Nn3c(nnc3-c3ccccc3)SC2C(=O)Nc2ccccc2)cc1. The maximum Gasteiger partial charge on any atom is 0.240 e. The van der Waals surface area contributed by atoms with Gasteiger partial charge in [0.1, 0.15) is 11.0 Å². The fourth-order valence-corrected chi connectivity index (χ4v) is 4.71. The van der Waals surface area contributed by atoms with Crippen molar-refractivity contribution in [2.45, 2.75) is 16.4 Å². The molecule has 0 saturated heterocycles. The topological polar surface area (TPSA) is 81.1 Å². The number of anilines is 1. The lowest BCUT2D eigenvalue weighted by atomic mass is 10.0. The Morgan fingerprint density at radius 2 is 1.66 bits per heavy atom. The van der Waals surface area contributed by atoms with E-state index in [9.17, 15) is 4.79 Å². The maximum atomic E-state index is 13.3. The molecular weight excluding hydrogens is 422 g/mol. The molecule has 5 rings (SSSR count). The van der Waals surface area contributed by atoms with Crippen molar-refractivity contribution in [1.82, 2.24) is 14.9 Å². The number of carbonyl (C=O) groups excluding carboxylic acids is 1. The minimum Gasteiger partial charge on any atom is -0.497 e. The fraction of sp³-hybridized carbons (Fsp3) is 0.125. The van der Waals surface area contributed by atoms with Crippen molar-refractivity contribution in [1.29, 1.82) is 0 Å². The number of carbonyl (C=O) groups is 1. The van der Waals surface area contributed by atoms with E-state index in [0.717, 1.165) is 22.6 Å². The highest BCUT2D eigenvalue weighted by atomic mass is 32.2. The number of hydrogen-bond donors (Lipinski definition) is 2. The number of fused-ring (bicyclic) bond motifs is 1. The van der Waals surface area contributed by atoms with E-state index >= 15 is 0 Å². The first-order chi connectivity index (χ1) is 15.7. The molecule has 3 aromatic carbocycles. The van der Waals surface area contributed by atoms with E-state index in [1.165, 1.54) is 11.8 Å². The quantitative estimate of drug-likeness (QED) is 0.477.